The van der Waals surface area contributed by atoms with Crippen LogP contribution < -0.4 is 37.2 Å². The van der Waals surface area contributed by atoms with Crippen LogP contribution in [0.3, 0.4) is 0 Å². The van der Waals surface area contributed by atoms with Crippen LogP contribution in [0.2, 0.25) is 0 Å². The number of aromatic nitrogens is 1. The number of aliphatic imine (C=N–C) groups is 2. The molecular weight excluding hydrogens is 452 g/mol. The van der Waals surface area contributed by atoms with Crippen molar-refractivity contribution < 1.29 is 55.8 Å². The fraction of sp³-hybridized carbons (Fsp3) is 0.0952. The Labute approximate surface area is 196 Å². The monoisotopic (exact) mass is 469 g/mol. The third kappa shape index (κ3) is 8.18. The second-order valence-electron chi connectivity index (χ2n) is 5.47. The third-order valence-electron chi connectivity index (χ3n) is 3.60. The molecule has 0 saturated heterocycles. The Morgan fingerprint density at radius 2 is 0.929 bits per heavy atom. The minimum absolute atomic E-state index is 0. The van der Waals surface area contributed by atoms with Gasteiger partial charge in [-0.1, -0.05) is 42.5 Å². The molecule has 0 bridgehead atoms. The number of hydrogen-bond donors (Lipinski definition) is 0. The molecule has 0 spiro atoms. The van der Waals surface area contributed by atoms with Crippen LogP contribution in [0.25, 0.3) is 0 Å². The van der Waals surface area contributed by atoms with Gasteiger partial charge >= 0.3 is 0 Å². The standard InChI is InChI=1S/C21H19N3.3ClH.V/c1-16(22-18-10-5-3-6-11-18)20-14-9-15-21(24-20)17(2)23-19-12-7-4-8-13-19;;;;/h3-15H,1-2H3;3*1H;/p-3. The number of halogens is 3. The molecule has 0 amide bonds. The van der Waals surface area contributed by atoms with Crippen molar-refractivity contribution in [3.8, 4) is 0 Å². The summed E-state index contributed by atoms with van der Waals surface area (Å²) in [4.78, 5) is 14.0. The van der Waals surface area contributed by atoms with Crippen molar-refractivity contribution in [1.82, 2.24) is 4.98 Å². The zero-order valence-electron chi connectivity index (χ0n) is 15.4. The second kappa shape index (κ2) is 14.4. The summed E-state index contributed by atoms with van der Waals surface area (Å²) >= 11 is 0. The van der Waals surface area contributed by atoms with Gasteiger partial charge in [0.25, 0.3) is 0 Å². The number of benzene rings is 2. The first-order valence-electron chi connectivity index (χ1n) is 7.91. The molecule has 0 atom stereocenters. The summed E-state index contributed by atoms with van der Waals surface area (Å²) in [6, 6.07) is 25.7. The van der Waals surface area contributed by atoms with Gasteiger partial charge in [-0.3, -0.25) is 9.98 Å². The molecule has 28 heavy (non-hydrogen) atoms. The van der Waals surface area contributed by atoms with Crippen LogP contribution in [-0.2, 0) is 18.6 Å². The first-order valence-corrected chi connectivity index (χ1v) is 7.91. The predicted octanol–water partition coefficient (Wildman–Crippen LogP) is -3.63. The van der Waals surface area contributed by atoms with E-state index in [4.69, 9.17) is 4.98 Å². The van der Waals surface area contributed by atoms with Crippen LogP contribution in [0.1, 0.15) is 25.2 Å². The van der Waals surface area contributed by atoms with Crippen molar-refractivity contribution in [2.75, 3.05) is 0 Å². The fourth-order valence-corrected chi connectivity index (χ4v) is 2.34. The molecule has 1 heterocycles. The molecule has 1 aromatic heterocycles. The molecule has 0 saturated carbocycles. The summed E-state index contributed by atoms with van der Waals surface area (Å²) < 4.78 is 0. The summed E-state index contributed by atoms with van der Waals surface area (Å²) in [6.45, 7) is 3.95. The van der Waals surface area contributed by atoms with Gasteiger partial charge in [0.15, 0.2) is 0 Å². The Morgan fingerprint density at radius 1 is 0.571 bits per heavy atom. The number of nitrogens with zero attached hydrogens (tertiary/aromatic N) is 3. The fourth-order valence-electron chi connectivity index (χ4n) is 2.34. The maximum Gasteiger partial charge on any atom is 0.0849 e. The quantitative estimate of drug-likeness (QED) is 0.363. The Hall–Kier alpha value is -1.62. The van der Waals surface area contributed by atoms with Gasteiger partial charge in [0, 0.05) is 18.6 Å². The largest absolute Gasteiger partial charge is 1.00 e. The summed E-state index contributed by atoms with van der Waals surface area (Å²) in [6.07, 6.45) is 0. The van der Waals surface area contributed by atoms with E-state index in [1.54, 1.807) is 0 Å². The molecule has 3 nitrogen and oxygen atoms in total. The Bertz CT molecular complexity index is 815. The van der Waals surface area contributed by atoms with Crippen molar-refractivity contribution in [3.63, 3.8) is 0 Å². The van der Waals surface area contributed by atoms with Gasteiger partial charge < -0.3 is 37.2 Å². The van der Waals surface area contributed by atoms with Gasteiger partial charge in [-0.2, -0.15) is 0 Å². The minimum Gasteiger partial charge on any atom is -1.00 e. The molecule has 3 aromatic rings. The van der Waals surface area contributed by atoms with E-state index in [0.717, 1.165) is 34.2 Å². The first-order chi connectivity index (χ1) is 11.7. The number of rotatable bonds is 4. The predicted molar refractivity (Wildman–Crippen MR) is 101 cm³/mol. The molecule has 2 aromatic carbocycles. The molecule has 0 unspecified atom stereocenters. The van der Waals surface area contributed by atoms with Crippen LogP contribution >= 0.6 is 0 Å². The Balaban J connectivity index is 0. The van der Waals surface area contributed by atoms with E-state index < -0.39 is 0 Å². The molecule has 0 aliphatic heterocycles. The molecular formula is C21H19Cl3N3V-3. The topological polar surface area (TPSA) is 37.6 Å². The van der Waals surface area contributed by atoms with Crippen molar-refractivity contribution in [2.24, 2.45) is 9.98 Å². The number of pyridine rings is 1. The van der Waals surface area contributed by atoms with Crippen molar-refractivity contribution in [2.45, 2.75) is 13.8 Å². The molecule has 3 rings (SSSR count). The van der Waals surface area contributed by atoms with Crippen LogP contribution in [0, 0.1) is 0 Å². The Kier molecular flexibility index (Phi) is 14.7. The van der Waals surface area contributed by atoms with Gasteiger partial charge in [0.2, 0.25) is 0 Å². The van der Waals surface area contributed by atoms with Gasteiger partial charge in [-0.25, -0.2) is 4.98 Å². The minimum atomic E-state index is 0. The summed E-state index contributed by atoms with van der Waals surface area (Å²) in [7, 11) is 0. The van der Waals surface area contributed by atoms with Crippen molar-refractivity contribution >= 4 is 22.8 Å². The second-order valence-corrected chi connectivity index (χ2v) is 5.47. The maximum absolute atomic E-state index is 4.70. The summed E-state index contributed by atoms with van der Waals surface area (Å²) in [5.41, 5.74) is 5.35. The van der Waals surface area contributed by atoms with E-state index in [9.17, 15) is 0 Å². The molecule has 0 aliphatic carbocycles. The maximum atomic E-state index is 4.70. The van der Waals surface area contributed by atoms with Gasteiger partial charge in [0.05, 0.1) is 34.2 Å². The normalized spacial score (nSPS) is 10.5. The van der Waals surface area contributed by atoms with Crippen LogP contribution in [-0.4, -0.2) is 16.4 Å². The summed E-state index contributed by atoms with van der Waals surface area (Å²) in [5, 5.41) is 0. The van der Waals surface area contributed by atoms with E-state index in [2.05, 4.69) is 9.98 Å². The number of para-hydroxylation sites is 2. The summed E-state index contributed by atoms with van der Waals surface area (Å²) in [5.74, 6) is 0. The zero-order valence-corrected chi connectivity index (χ0v) is 19.1. The molecule has 0 fully saturated rings. The SMILES string of the molecule is CC(=Nc1ccccc1)c1cccc(C(C)=Nc2ccccc2)n1.[Cl-].[Cl-].[Cl-].[V]. The van der Waals surface area contributed by atoms with Gasteiger partial charge in [-0.15, -0.1) is 0 Å². The smallest absolute Gasteiger partial charge is 0.0849 e. The van der Waals surface area contributed by atoms with Crippen LogP contribution in [0.5, 0.6) is 0 Å². The van der Waals surface area contributed by atoms with Crippen molar-refractivity contribution in [3.05, 3.63) is 90.3 Å². The average molecular weight is 471 g/mol. The van der Waals surface area contributed by atoms with E-state index in [1.165, 1.54) is 0 Å². The molecule has 147 valence electrons. The molecule has 1 radical (unpaired) electrons. The number of hydrogen-bond acceptors (Lipinski definition) is 3. The third-order valence-corrected chi connectivity index (χ3v) is 3.60. The van der Waals surface area contributed by atoms with Gasteiger partial charge in [-0.05, 0) is 50.2 Å². The molecule has 0 N–H and O–H groups in total. The molecule has 7 heteroatoms. The Morgan fingerprint density at radius 3 is 1.29 bits per heavy atom. The van der Waals surface area contributed by atoms with E-state index in [-0.39, 0.29) is 55.8 Å². The zero-order chi connectivity index (χ0) is 16.8. The molecule has 0 aliphatic rings. The van der Waals surface area contributed by atoms with Crippen LogP contribution in [0.4, 0.5) is 11.4 Å². The average Bonchev–Trinajstić information content (AvgIpc) is 2.63. The van der Waals surface area contributed by atoms with E-state index >= 15 is 0 Å². The van der Waals surface area contributed by atoms with Crippen molar-refractivity contribution in [1.29, 1.82) is 0 Å². The first kappa shape index (κ1) is 28.6. The van der Waals surface area contributed by atoms with E-state index in [0.29, 0.717) is 0 Å². The van der Waals surface area contributed by atoms with E-state index in [1.807, 2.05) is 92.7 Å². The van der Waals surface area contributed by atoms with Gasteiger partial charge in [0.1, 0.15) is 0 Å². The van der Waals surface area contributed by atoms with Crippen LogP contribution in [0.15, 0.2) is 88.8 Å².